The number of hydrogen-bond acceptors (Lipinski definition) is 5. The molecular weight excluding hydrogens is 406 g/mol. The second-order valence-corrected chi connectivity index (χ2v) is 9.37. The normalized spacial score (nSPS) is 16.5. The molecule has 0 saturated carbocycles. The number of carbonyl (C=O) groups is 2. The van der Waals surface area contributed by atoms with Crippen LogP contribution in [-0.4, -0.2) is 43.7 Å². The standard InChI is InChI=1S/C21H27N3O5S/c1-15-9-10-17(14-19(15)30(27,28)24-11-5-3-4-6-12-24)23-20(25)16(2)22-21(26)18-8-7-13-29-18/h7-10,13-14,16H,3-6,11-12H2,1-2H3,(H,22,26)(H,23,25). The summed E-state index contributed by atoms with van der Waals surface area (Å²) in [5, 5.41) is 5.23. The van der Waals surface area contributed by atoms with Crippen LogP contribution < -0.4 is 10.6 Å². The predicted octanol–water partition coefficient (Wildman–Crippen LogP) is 2.91. The molecule has 0 aliphatic carbocycles. The fraction of sp³-hybridized carbons (Fsp3) is 0.429. The smallest absolute Gasteiger partial charge is 0.287 e. The van der Waals surface area contributed by atoms with E-state index in [-0.39, 0.29) is 10.7 Å². The van der Waals surface area contributed by atoms with Crippen LogP contribution in [0.4, 0.5) is 5.69 Å². The topological polar surface area (TPSA) is 109 Å². The van der Waals surface area contributed by atoms with Crippen molar-refractivity contribution in [1.82, 2.24) is 9.62 Å². The number of sulfonamides is 1. The van der Waals surface area contributed by atoms with Gasteiger partial charge in [0, 0.05) is 18.8 Å². The number of nitrogens with one attached hydrogen (secondary N) is 2. The molecule has 162 valence electrons. The van der Waals surface area contributed by atoms with Crippen molar-refractivity contribution in [3.8, 4) is 0 Å². The first-order valence-electron chi connectivity index (χ1n) is 10.0. The van der Waals surface area contributed by atoms with Crippen molar-refractivity contribution in [2.24, 2.45) is 0 Å². The highest BCUT2D eigenvalue weighted by atomic mass is 32.2. The molecule has 9 heteroatoms. The van der Waals surface area contributed by atoms with E-state index in [1.165, 1.54) is 22.7 Å². The Morgan fingerprint density at radius 3 is 2.43 bits per heavy atom. The maximum absolute atomic E-state index is 13.2. The quantitative estimate of drug-likeness (QED) is 0.728. The first-order valence-corrected chi connectivity index (χ1v) is 11.5. The van der Waals surface area contributed by atoms with Crippen molar-refractivity contribution in [3.05, 3.63) is 47.9 Å². The Morgan fingerprint density at radius 1 is 1.10 bits per heavy atom. The summed E-state index contributed by atoms with van der Waals surface area (Å²) < 4.78 is 32.9. The number of rotatable bonds is 6. The zero-order valence-corrected chi connectivity index (χ0v) is 18.0. The third kappa shape index (κ3) is 5.09. The van der Waals surface area contributed by atoms with Gasteiger partial charge in [-0.25, -0.2) is 8.42 Å². The number of nitrogens with zero attached hydrogens (tertiary/aromatic N) is 1. The van der Waals surface area contributed by atoms with Gasteiger partial charge in [-0.1, -0.05) is 18.9 Å². The highest BCUT2D eigenvalue weighted by molar-refractivity contribution is 7.89. The molecule has 30 heavy (non-hydrogen) atoms. The molecule has 0 radical (unpaired) electrons. The molecule has 0 bridgehead atoms. The summed E-state index contributed by atoms with van der Waals surface area (Å²) in [5.41, 5.74) is 0.981. The van der Waals surface area contributed by atoms with E-state index >= 15 is 0 Å². The molecule has 1 aromatic heterocycles. The third-order valence-corrected chi connectivity index (χ3v) is 7.17. The maximum atomic E-state index is 13.2. The van der Waals surface area contributed by atoms with Crippen LogP contribution in [0.1, 0.15) is 48.7 Å². The van der Waals surface area contributed by atoms with Gasteiger partial charge in [-0.3, -0.25) is 9.59 Å². The fourth-order valence-corrected chi connectivity index (χ4v) is 5.14. The Labute approximate surface area is 176 Å². The molecule has 2 N–H and O–H groups in total. The van der Waals surface area contributed by atoms with Gasteiger partial charge in [-0.15, -0.1) is 0 Å². The summed E-state index contributed by atoms with van der Waals surface area (Å²) in [6.45, 7) is 4.30. The highest BCUT2D eigenvalue weighted by Gasteiger charge is 2.27. The lowest BCUT2D eigenvalue weighted by molar-refractivity contribution is -0.117. The lowest BCUT2D eigenvalue weighted by Gasteiger charge is -2.22. The summed E-state index contributed by atoms with van der Waals surface area (Å²) in [5.74, 6) is -0.858. The van der Waals surface area contributed by atoms with E-state index in [9.17, 15) is 18.0 Å². The summed E-state index contributed by atoms with van der Waals surface area (Å²) in [6.07, 6.45) is 5.13. The van der Waals surface area contributed by atoms with E-state index in [2.05, 4.69) is 10.6 Å². The number of benzene rings is 1. The number of hydrogen-bond donors (Lipinski definition) is 2. The molecule has 2 aromatic rings. The van der Waals surface area contributed by atoms with E-state index in [1.807, 2.05) is 0 Å². The number of amides is 2. The Bertz CT molecular complexity index is 994. The second kappa shape index (κ2) is 9.44. The van der Waals surface area contributed by atoms with Crippen molar-refractivity contribution in [1.29, 1.82) is 0 Å². The van der Waals surface area contributed by atoms with Crippen molar-refractivity contribution in [2.75, 3.05) is 18.4 Å². The predicted molar refractivity (Wildman–Crippen MR) is 113 cm³/mol. The molecule has 1 aromatic carbocycles. The van der Waals surface area contributed by atoms with Gasteiger partial charge < -0.3 is 15.1 Å². The molecule has 1 aliphatic heterocycles. The van der Waals surface area contributed by atoms with E-state index in [0.29, 0.717) is 24.3 Å². The summed E-state index contributed by atoms with van der Waals surface area (Å²) in [4.78, 5) is 24.7. The van der Waals surface area contributed by atoms with Crippen LogP contribution in [0.2, 0.25) is 0 Å². The third-order valence-electron chi connectivity index (χ3n) is 5.12. The molecule has 2 amide bonds. The molecule has 1 unspecified atom stereocenters. The van der Waals surface area contributed by atoms with Crippen LogP contribution in [0.3, 0.4) is 0 Å². The minimum Gasteiger partial charge on any atom is -0.459 e. The molecule has 3 rings (SSSR count). The molecule has 1 aliphatic rings. The fourth-order valence-electron chi connectivity index (χ4n) is 3.37. The zero-order valence-electron chi connectivity index (χ0n) is 17.2. The summed E-state index contributed by atoms with van der Waals surface area (Å²) in [7, 11) is -3.64. The van der Waals surface area contributed by atoms with Gasteiger partial charge in [0.15, 0.2) is 5.76 Å². The molecule has 1 fully saturated rings. The van der Waals surface area contributed by atoms with Gasteiger partial charge in [0.1, 0.15) is 6.04 Å². The van der Waals surface area contributed by atoms with E-state index in [1.54, 1.807) is 32.0 Å². The van der Waals surface area contributed by atoms with E-state index < -0.39 is 27.9 Å². The average molecular weight is 434 g/mol. The molecule has 2 heterocycles. The second-order valence-electron chi connectivity index (χ2n) is 7.46. The number of furan rings is 1. The first kappa shape index (κ1) is 22.0. The monoisotopic (exact) mass is 433 g/mol. The number of carbonyl (C=O) groups excluding carboxylic acids is 2. The maximum Gasteiger partial charge on any atom is 0.287 e. The summed E-state index contributed by atoms with van der Waals surface area (Å²) >= 11 is 0. The van der Waals surface area contributed by atoms with Gasteiger partial charge >= 0.3 is 0 Å². The number of anilines is 1. The van der Waals surface area contributed by atoms with Crippen LogP contribution in [0.25, 0.3) is 0 Å². The minimum absolute atomic E-state index is 0.107. The SMILES string of the molecule is Cc1ccc(NC(=O)C(C)NC(=O)c2ccco2)cc1S(=O)(=O)N1CCCCCC1. The van der Waals surface area contributed by atoms with E-state index in [4.69, 9.17) is 4.42 Å². The molecule has 8 nitrogen and oxygen atoms in total. The van der Waals surface area contributed by atoms with Gasteiger partial charge in [0.2, 0.25) is 15.9 Å². The van der Waals surface area contributed by atoms with Crippen LogP contribution >= 0.6 is 0 Å². The molecule has 1 saturated heterocycles. The molecule has 0 spiro atoms. The van der Waals surface area contributed by atoms with Gasteiger partial charge in [-0.05, 0) is 56.5 Å². The largest absolute Gasteiger partial charge is 0.459 e. The first-order chi connectivity index (χ1) is 14.3. The summed E-state index contributed by atoms with van der Waals surface area (Å²) in [6, 6.07) is 7.05. The number of aryl methyl sites for hydroxylation is 1. The molecular formula is C21H27N3O5S. The molecule has 1 atom stereocenters. The van der Waals surface area contributed by atoms with Crippen molar-refractivity contribution in [3.63, 3.8) is 0 Å². The van der Waals surface area contributed by atoms with Crippen molar-refractivity contribution >= 4 is 27.5 Å². The minimum atomic E-state index is -3.64. The Morgan fingerprint density at radius 2 is 1.80 bits per heavy atom. The average Bonchev–Trinajstić information content (AvgIpc) is 3.11. The van der Waals surface area contributed by atoms with Crippen LogP contribution in [0, 0.1) is 6.92 Å². The lowest BCUT2D eigenvalue weighted by Crippen LogP contribution is -2.41. The van der Waals surface area contributed by atoms with Crippen molar-refractivity contribution < 1.29 is 22.4 Å². The van der Waals surface area contributed by atoms with E-state index in [0.717, 1.165) is 25.7 Å². The van der Waals surface area contributed by atoms with Crippen LogP contribution in [-0.2, 0) is 14.8 Å². The Kier molecular flexibility index (Phi) is 6.94. The van der Waals surface area contributed by atoms with Gasteiger partial charge in [0.05, 0.1) is 11.2 Å². The van der Waals surface area contributed by atoms with Gasteiger partial charge in [0.25, 0.3) is 5.91 Å². The van der Waals surface area contributed by atoms with Gasteiger partial charge in [-0.2, -0.15) is 4.31 Å². The Hall–Kier alpha value is -2.65. The van der Waals surface area contributed by atoms with Crippen molar-refractivity contribution in [2.45, 2.75) is 50.5 Å². The lowest BCUT2D eigenvalue weighted by atomic mass is 10.2. The van der Waals surface area contributed by atoms with Crippen LogP contribution in [0.5, 0.6) is 0 Å². The Balaban J connectivity index is 1.72. The van der Waals surface area contributed by atoms with Crippen LogP contribution in [0.15, 0.2) is 45.9 Å². The zero-order chi connectivity index (χ0) is 21.7. The highest BCUT2D eigenvalue weighted by Crippen LogP contribution is 2.26.